The summed E-state index contributed by atoms with van der Waals surface area (Å²) in [4.78, 5) is 4.92. The summed E-state index contributed by atoms with van der Waals surface area (Å²) >= 11 is 0. The maximum Gasteiger partial charge on any atom is 0.0173 e. The topological polar surface area (TPSA) is 6.48 Å². The first-order valence-electron chi connectivity index (χ1n) is 5.47. The highest BCUT2D eigenvalue weighted by Crippen LogP contribution is 2.17. The van der Waals surface area contributed by atoms with Crippen LogP contribution in [0.15, 0.2) is 11.8 Å². The number of piperidine rings is 1. The smallest absolute Gasteiger partial charge is 0.0173 e. The molecule has 0 bridgehead atoms. The number of hydrogen-bond donors (Lipinski definition) is 0. The van der Waals surface area contributed by atoms with E-state index in [4.69, 9.17) is 0 Å². The SMILES string of the molecule is CN1CCC(=CN2CCCC2)CC1. The molecule has 2 aliphatic heterocycles. The molecule has 2 saturated heterocycles. The van der Waals surface area contributed by atoms with Gasteiger partial charge in [0.1, 0.15) is 0 Å². The standard InChI is InChI=1S/C11H20N2/c1-12-8-4-11(5-9-12)10-13-6-2-3-7-13/h10H,2-9H2,1H3. The molecule has 0 aromatic carbocycles. The first kappa shape index (κ1) is 9.07. The van der Waals surface area contributed by atoms with Gasteiger partial charge in [0, 0.05) is 26.2 Å². The van der Waals surface area contributed by atoms with Crippen molar-refractivity contribution in [2.45, 2.75) is 25.7 Å². The zero-order valence-electron chi connectivity index (χ0n) is 8.63. The summed E-state index contributed by atoms with van der Waals surface area (Å²) in [5, 5.41) is 0. The van der Waals surface area contributed by atoms with Gasteiger partial charge in [0.2, 0.25) is 0 Å². The lowest BCUT2D eigenvalue weighted by Crippen LogP contribution is -2.27. The highest BCUT2D eigenvalue weighted by Gasteiger charge is 2.12. The molecule has 2 fully saturated rings. The highest BCUT2D eigenvalue weighted by molar-refractivity contribution is 5.05. The van der Waals surface area contributed by atoms with Crippen LogP contribution in [0.4, 0.5) is 0 Å². The van der Waals surface area contributed by atoms with Crippen molar-refractivity contribution in [2.75, 3.05) is 33.2 Å². The van der Waals surface area contributed by atoms with Crippen molar-refractivity contribution in [1.29, 1.82) is 0 Å². The van der Waals surface area contributed by atoms with E-state index in [1.165, 1.54) is 51.9 Å². The summed E-state index contributed by atoms with van der Waals surface area (Å²) in [6.07, 6.45) is 7.79. The van der Waals surface area contributed by atoms with Crippen LogP contribution in [0, 0.1) is 0 Å². The first-order valence-corrected chi connectivity index (χ1v) is 5.47. The van der Waals surface area contributed by atoms with E-state index in [0.29, 0.717) is 0 Å². The maximum atomic E-state index is 2.50. The zero-order valence-corrected chi connectivity index (χ0v) is 8.63. The lowest BCUT2D eigenvalue weighted by molar-refractivity contribution is 0.308. The second-order valence-corrected chi connectivity index (χ2v) is 4.33. The molecule has 2 heteroatoms. The van der Waals surface area contributed by atoms with Gasteiger partial charge in [-0.1, -0.05) is 5.57 Å². The average molecular weight is 180 g/mol. The Labute approximate surface area is 81.2 Å². The fourth-order valence-electron chi connectivity index (χ4n) is 2.16. The molecule has 0 aromatic rings. The molecule has 0 aromatic heterocycles. The molecule has 0 atom stereocenters. The molecular formula is C11H20N2. The molecule has 0 radical (unpaired) electrons. The Morgan fingerprint density at radius 3 is 2.23 bits per heavy atom. The largest absolute Gasteiger partial charge is 0.377 e. The summed E-state index contributed by atoms with van der Waals surface area (Å²) in [6, 6.07) is 0. The highest BCUT2D eigenvalue weighted by atomic mass is 15.1. The number of rotatable bonds is 1. The normalized spacial score (nSPS) is 25.3. The van der Waals surface area contributed by atoms with Crippen LogP contribution in [-0.4, -0.2) is 43.0 Å². The molecule has 13 heavy (non-hydrogen) atoms. The second-order valence-electron chi connectivity index (χ2n) is 4.33. The van der Waals surface area contributed by atoms with Crippen LogP contribution in [0.1, 0.15) is 25.7 Å². The van der Waals surface area contributed by atoms with E-state index >= 15 is 0 Å². The van der Waals surface area contributed by atoms with E-state index in [1.54, 1.807) is 5.57 Å². The van der Waals surface area contributed by atoms with Crippen molar-refractivity contribution in [3.05, 3.63) is 11.8 Å². The molecule has 74 valence electrons. The molecule has 0 amide bonds. The molecule has 0 spiro atoms. The van der Waals surface area contributed by atoms with E-state index in [0.717, 1.165) is 0 Å². The van der Waals surface area contributed by atoms with Crippen molar-refractivity contribution in [3.8, 4) is 0 Å². The molecule has 0 saturated carbocycles. The van der Waals surface area contributed by atoms with Gasteiger partial charge in [0.25, 0.3) is 0 Å². The van der Waals surface area contributed by atoms with Crippen LogP contribution in [0.2, 0.25) is 0 Å². The van der Waals surface area contributed by atoms with Crippen LogP contribution in [0.5, 0.6) is 0 Å². The third kappa shape index (κ3) is 2.47. The fraction of sp³-hybridized carbons (Fsp3) is 0.818. The molecule has 0 N–H and O–H groups in total. The second kappa shape index (κ2) is 4.14. The minimum Gasteiger partial charge on any atom is -0.377 e. The fourth-order valence-corrected chi connectivity index (χ4v) is 2.16. The van der Waals surface area contributed by atoms with Crippen LogP contribution in [0.25, 0.3) is 0 Å². The molecule has 2 rings (SSSR count). The van der Waals surface area contributed by atoms with Gasteiger partial charge in [-0.2, -0.15) is 0 Å². The van der Waals surface area contributed by atoms with Gasteiger partial charge in [-0.3, -0.25) is 0 Å². The van der Waals surface area contributed by atoms with Gasteiger partial charge in [-0.15, -0.1) is 0 Å². The van der Waals surface area contributed by atoms with Gasteiger partial charge in [0.15, 0.2) is 0 Å². The Balaban J connectivity index is 1.85. The van der Waals surface area contributed by atoms with E-state index in [9.17, 15) is 0 Å². The summed E-state index contributed by atoms with van der Waals surface area (Å²) < 4.78 is 0. The van der Waals surface area contributed by atoms with Gasteiger partial charge in [-0.05, 0) is 38.9 Å². The summed E-state index contributed by atoms with van der Waals surface area (Å²) in [6.45, 7) is 5.08. The quantitative estimate of drug-likeness (QED) is 0.606. The van der Waals surface area contributed by atoms with E-state index < -0.39 is 0 Å². The summed E-state index contributed by atoms with van der Waals surface area (Å²) in [7, 11) is 2.21. The van der Waals surface area contributed by atoms with Gasteiger partial charge in [-0.25, -0.2) is 0 Å². The molecule has 2 aliphatic rings. The molecular weight excluding hydrogens is 160 g/mol. The monoisotopic (exact) mass is 180 g/mol. The maximum absolute atomic E-state index is 2.50. The Morgan fingerprint density at radius 2 is 1.62 bits per heavy atom. The third-order valence-electron chi connectivity index (χ3n) is 3.14. The number of hydrogen-bond acceptors (Lipinski definition) is 2. The number of nitrogens with zero attached hydrogens (tertiary/aromatic N) is 2. The van der Waals surface area contributed by atoms with Gasteiger partial charge < -0.3 is 9.80 Å². The Bertz CT molecular complexity index is 182. The summed E-state index contributed by atoms with van der Waals surface area (Å²) in [5.74, 6) is 0. The zero-order chi connectivity index (χ0) is 9.10. The summed E-state index contributed by atoms with van der Waals surface area (Å²) in [5.41, 5.74) is 1.67. The Kier molecular flexibility index (Phi) is 2.89. The molecule has 2 nitrogen and oxygen atoms in total. The Morgan fingerprint density at radius 1 is 1.00 bits per heavy atom. The minimum atomic E-state index is 1.25. The van der Waals surface area contributed by atoms with Crippen LogP contribution in [-0.2, 0) is 0 Å². The van der Waals surface area contributed by atoms with Crippen molar-refractivity contribution in [3.63, 3.8) is 0 Å². The van der Waals surface area contributed by atoms with Crippen molar-refractivity contribution >= 4 is 0 Å². The van der Waals surface area contributed by atoms with Crippen molar-refractivity contribution < 1.29 is 0 Å². The van der Waals surface area contributed by atoms with Crippen molar-refractivity contribution in [2.24, 2.45) is 0 Å². The van der Waals surface area contributed by atoms with Crippen LogP contribution in [0.3, 0.4) is 0 Å². The van der Waals surface area contributed by atoms with E-state index in [-0.39, 0.29) is 0 Å². The van der Waals surface area contributed by atoms with E-state index in [1.807, 2.05) is 0 Å². The van der Waals surface area contributed by atoms with Gasteiger partial charge >= 0.3 is 0 Å². The third-order valence-corrected chi connectivity index (χ3v) is 3.14. The minimum absolute atomic E-state index is 1.25. The predicted octanol–water partition coefficient (Wildman–Crippen LogP) is 1.69. The van der Waals surface area contributed by atoms with Crippen LogP contribution < -0.4 is 0 Å². The van der Waals surface area contributed by atoms with E-state index in [2.05, 4.69) is 23.0 Å². The Hall–Kier alpha value is -0.500. The predicted molar refractivity (Wildman–Crippen MR) is 55.6 cm³/mol. The molecule has 0 unspecified atom stereocenters. The van der Waals surface area contributed by atoms with Crippen LogP contribution >= 0.6 is 0 Å². The average Bonchev–Trinajstić information content (AvgIpc) is 2.62. The first-order chi connectivity index (χ1) is 6.34. The number of likely N-dealkylation sites (tertiary alicyclic amines) is 2. The lowest BCUT2D eigenvalue weighted by atomic mass is 10.1. The van der Waals surface area contributed by atoms with Gasteiger partial charge in [0.05, 0.1) is 0 Å². The molecule has 0 aliphatic carbocycles. The molecule has 2 heterocycles. The van der Waals surface area contributed by atoms with Crippen molar-refractivity contribution in [1.82, 2.24) is 9.80 Å². The lowest BCUT2D eigenvalue weighted by Gasteiger charge is -2.25.